The average molecular weight is 359 g/mol. The van der Waals surface area contributed by atoms with Crippen LogP contribution in [0.2, 0.25) is 0 Å². The second kappa shape index (κ2) is 6.63. The molecule has 7 heteroatoms. The number of amides is 1. The summed E-state index contributed by atoms with van der Waals surface area (Å²) in [5, 5.41) is 3.44. The van der Waals surface area contributed by atoms with Crippen LogP contribution in [-0.2, 0) is 11.3 Å². The molecular weight excluding hydrogens is 334 g/mol. The van der Waals surface area contributed by atoms with Crippen LogP contribution >= 0.6 is 11.7 Å². The van der Waals surface area contributed by atoms with E-state index in [0.29, 0.717) is 12.0 Å². The van der Waals surface area contributed by atoms with Gasteiger partial charge in [0.2, 0.25) is 5.91 Å². The Kier molecular flexibility index (Phi) is 4.47. The first-order valence-electron chi connectivity index (χ1n) is 8.94. The molecule has 1 amide bonds. The number of fused-ring (bicyclic) bond motifs is 1. The largest absolute Gasteiger partial charge is 0.340 e. The lowest BCUT2D eigenvalue weighted by Gasteiger charge is -2.33. The van der Waals surface area contributed by atoms with Crippen LogP contribution in [0.5, 0.6) is 0 Å². The third-order valence-corrected chi connectivity index (χ3v) is 6.36. The van der Waals surface area contributed by atoms with Gasteiger partial charge in [-0.25, -0.2) is 0 Å². The molecule has 3 heterocycles. The first-order chi connectivity index (χ1) is 12.1. The van der Waals surface area contributed by atoms with Crippen molar-refractivity contribution in [3.63, 3.8) is 0 Å². The highest BCUT2D eigenvalue weighted by Gasteiger charge is 2.46. The van der Waals surface area contributed by atoms with Gasteiger partial charge in [0.15, 0.2) is 0 Å². The summed E-state index contributed by atoms with van der Waals surface area (Å²) in [6.45, 7) is 3.80. The van der Waals surface area contributed by atoms with Crippen molar-refractivity contribution in [3.05, 3.63) is 23.8 Å². The molecule has 6 nitrogen and oxygen atoms in total. The van der Waals surface area contributed by atoms with Crippen molar-refractivity contribution >= 4 is 28.7 Å². The number of carbonyl (C=O) groups excluding carboxylic acids is 1. The Bertz CT molecular complexity index is 770. The zero-order chi connectivity index (χ0) is 17.4. The van der Waals surface area contributed by atoms with Crippen molar-refractivity contribution < 1.29 is 4.79 Å². The summed E-state index contributed by atoms with van der Waals surface area (Å²) in [4.78, 5) is 17.2. The van der Waals surface area contributed by atoms with Crippen molar-refractivity contribution in [3.8, 4) is 0 Å². The molecular formula is C18H25N5OS. The van der Waals surface area contributed by atoms with Gasteiger partial charge in [-0.05, 0) is 62.5 Å². The summed E-state index contributed by atoms with van der Waals surface area (Å²) in [6.07, 6.45) is 3.35. The molecule has 2 aliphatic heterocycles. The Morgan fingerprint density at radius 1 is 1.36 bits per heavy atom. The summed E-state index contributed by atoms with van der Waals surface area (Å²) < 4.78 is 8.52. The Hall–Kier alpha value is -1.57. The van der Waals surface area contributed by atoms with Crippen LogP contribution in [0.3, 0.4) is 0 Å². The first-order valence-corrected chi connectivity index (χ1v) is 9.67. The van der Waals surface area contributed by atoms with E-state index in [1.165, 1.54) is 24.6 Å². The van der Waals surface area contributed by atoms with Gasteiger partial charge in [0.25, 0.3) is 0 Å². The first kappa shape index (κ1) is 16.9. The molecule has 0 aliphatic carbocycles. The lowest BCUT2D eigenvalue weighted by molar-refractivity contribution is -0.134. The van der Waals surface area contributed by atoms with E-state index in [2.05, 4.69) is 26.0 Å². The highest BCUT2D eigenvalue weighted by Crippen LogP contribution is 2.41. The Morgan fingerprint density at radius 3 is 2.92 bits per heavy atom. The topological polar surface area (TPSA) is 61.4 Å². The molecule has 1 unspecified atom stereocenters. The third kappa shape index (κ3) is 3.28. The van der Waals surface area contributed by atoms with Crippen molar-refractivity contribution in [1.29, 1.82) is 0 Å². The SMILES string of the molecule is CN(Cc1ccc2nsnc2c1)C(=O)C1CC2(CCNCC2)CN1C. The molecule has 1 spiro atoms. The number of likely N-dealkylation sites (tertiary alicyclic amines) is 1. The standard InChI is InChI=1S/C18H25N5OS/c1-22(11-13-3-4-14-15(9-13)21-25-20-14)17(24)16-10-18(12-23(16)2)5-7-19-8-6-18/h3-4,9,16,19H,5-8,10-12H2,1-2H3. The Balaban J connectivity index is 1.44. The number of likely N-dealkylation sites (N-methyl/N-ethyl adjacent to an activating group) is 2. The number of hydrogen-bond donors (Lipinski definition) is 1. The number of aromatic nitrogens is 2. The van der Waals surface area contributed by atoms with E-state index in [1.54, 1.807) is 0 Å². The molecule has 1 N–H and O–H groups in total. The fourth-order valence-electron chi connectivity index (χ4n) is 4.40. The molecule has 1 aromatic heterocycles. The minimum atomic E-state index is 0.00719. The van der Waals surface area contributed by atoms with Crippen LogP contribution in [0.1, 0.15) is 24.8 Å². The second-order valence-electron chi connectivity index (χ2n) is 7.67. The van der Waals surface area contributed by atoms with E-state index in [1.807, 2.05) is 30.1 Å². The van der Waals surface area contributed by atoms with E-state index in [4.69, 9.17) is 0 Å². The van der Waals surface area contributed by atoms with Gasteiger partial charge in [-0.2, -0.15) is 8.75 Å². The van der Waals surface area contributed by atoms with Crippen LogP contribution in [0.25, 0.3) is 11.0 Å². The minimum absolute atomic E-state index is 0.00719. The molecule has 2 aromatic rings. The van der Waals surface area contributed by atoms with E-state index in [0.717, 1.165) is 42.7 Å². The summed E-state index contributed by atoms with van der Waals surface area (Å²) >= 11 is 1.23. The number of hydrogen-bond acceptors (Lipinski definition) is 6. The van der Waals surface area contributed by atoms with Crippen LogP contribution in [0.15, 0.2) is 18.2 Å². The molecule has 25 heavy (non-hydrogen) atoms. The number of carbonyl (C=O) groups is 1. The van der Waals surface area contributed by atoms with E-state index in [9.17, 15) is 4.79 Å². The number of piperidine rings is 1. The van der Waals surface area contributed by atoms with Crippen LogP contribution in [0, 0.1) is 5.41 Å². The van der Waals surface area contributed by atoms with Crippen molar-refractivity contribution in [2.75, 3.05) is 33.7 Å². The molecule has 4 rings (SSSR count). The molecule has 0 bridgehead atoms. The summed E-state index contributed by atoms with van der Waals surface area (Å²) in [5.74, 6) is 0.231. The van der Waals surface area contributed by atoms with E-state index >= 15 is 0 Å². The molecule has 134 valence electrons. The Morgan fingerprint density at radius 2 is 2.12 bits per heavy atom. The van der Waals surface area contributed by atoms with Gasteiger partial charge in [-0.15, -0.1) is 0 Å². The van der Waals surface area contributed by atoms with Gasteiger partial charge < -0.3 is 10.2 Å². The van der Waals surface area contributed by atoms with Crippen LogP contribution in [-0.4, -0.2) is 64.2 Å². The number of nitrogens with one attached hydrogen (secondary N) is 1. The third-order valence-electron chi connectivity index (χ3n) is 5.81. The van der Waals surface area contributed by atoms with Gasteiger partial charge in [0.1, 0.15) is 11.0 Å². The fraction of sp³-hybridized carbons (Fsp3) is 0.611. The quantitative estimate of drug-likeness (QED) is 0.904. The van der Waals surface area contributed by atoms with E-state index in [-0.39, 0.29) is 11.9 Å². The van der Waals surface area contributed by atoms with Crippen molar-refractivity contribution in [2.24, 2.45) is 5.41 Å². The van der Waals surface area contributed by atoms with Crippen molar-refractivity contribution in [2.45, 2.75) is 31.8 Å². The van der Waals surface area contributed by atoms with E-state index < -0.39 is 0 Å². The maximum atomic E-state index is 13.0. The number of rotatable bonds is 3. The normalized spacial score (nSPS) is 23.4. The molecule has 2 fully saturated rings. The molecule has 0 saturated carbocycles. The molecule has 1 aromatic carbocycles. The second-order valence-corrected chi connectivity index (χ2v) is 8.20. The average Bonchev–Trinajstić information content (AvgIpc) is 3.19. The van der Waals surface area contributed by atoms with Crippen molar-refractivity contribution in [1.82, 2.24) is 23.9 Å². The fourth-order valence-corrected chi connectivity index (χ4v) is 4.91. The van der Waals surface area contributed by atoms with Crippen LogP contribution < -0.4 is 5.32 Å². The predicted molar refractivity (Wildman–Crippen MR) is 99.5 cm³/mol. The molecule has 0 radical (unpaired) electrons. The monoisotopic (exact) mass is 359 g/mol. The highest BCUT2D eigenvalue weighted by molar-refractivity contribution is 7.00. The van der Waals surface area contributed by atoms with Gasteiger partial charge in [-0.1, -0.05) is 6.07 Å². The zero-order valence-corrected chi connectivity index (χ0v) is 15.7. The lowest BCUT2D eigenvalue weighted by atomic mass is 9.77. The highest BCUT2D eigenvalue weighted by atomic mass is 32.1. The summed E-state index contributed by atoms with van der Waals surface area (Å²) in [6, 6.07) is 6.07. The lowest BCUT2D eigenvalue weighted by Crippen LogP contribution is -2.42. The summed E-state index contributed by atoms with van der Waals surface area (Å²) in [7, 11) is 4.01. The molecule has 2 aliphatic rings. The smallest absolute Gasteiger partial charge is 0.239 e. The maximum Gasteiger partial charge on any atom is 0.239 e. The van der Waals surface area contributed by atoms with Gasteiger partial charge in [0.05, 0.1) is 17.8 Å². The Labute approximate surface area is 152 Å². The van der Waals surface area contributed by atoms with Gasteiger partial charge in [-0.3, -0.25) is 9.69 Å². The van der Waals surface area contributed by atoms with Gasteiger partial charge >= 0.3 is 0 Å². The zero-order valence-electron chi connectivity index (χ0n) is 14.9. The van der Waals surface area contributed by atoms with Gasteiger partial charge in [0, 0.05) is 20.1 Å². The number of nitrogens with zero attached hydrogens (tertiary/aromatic N) is 4. The predicted octanol–water partition coefficient (Wildman–Crippen LogP) is 1.72. The maximum absolute atomic E-state index is 13.0. The molecule has 2 saturated heterocycles. The molecule has 1 atom stereocenters. The minimum Gasteiger partial charge on any atom is -0.340 e. The van der Waals surface area contributed by atoms with Crippen LogP contribution in [0.4, 0.5) is 0 Å². The number of benzene rings is 1. The summed E-state index contributed by atoms with van der Waals surface area (Å²) in [5.41, 5.74) is 3.26.